The first-order valence-corrected chi connectivity index (χ1v) is 11.6. The minimum atomic E-state index is -5.08. The Kier molecular flexibility index (Phi) is 8.47. The summed E-state index contributed by atoms with van der Waals surface area (Å²) >= 11 is 0. The van der Waals surface area contributed by atoms with E-state index in [1.54, 1.807) is 0 Å². The summed E-state index contributed by atoms with van der Waals surface area (Å²) in [5, 5.41) is 0. The van der Waals surface area contributed by atoms with E-state index in [2.05, 4.69) is 9.12 Å². The van der Waals surface area contributed by atoms with Crippen LogP contribution in [0.3, 0.4) is 0 Å². The maximum absolute atomic E-state index is 13.4. The van der Waals surface area contributed by atoms with Crippen LogP contribution in [0.1, 0.15) is 38.2 Å². The van der Waals surface area contributed by atoms with E-state index in [0.29, 0.717) is 18.6 Å². The molecule has 29 heavy (non-hydrogen) atoms. The number of nitrogens with two attached hydrogens (primary N) is 1. The Hall–Kier alpha value is -1.86. The predicted molar refractivity (Wildman–Crippen MR) is 105 cm³/mol. The summed E-state index contributed by atoms with van der Waals surface area (Å²) in [4.78, 5) is -0.833. The lowest BCUT2D eigenvalue weighted by Crippen LogP contribution is -2.26. The molecule has 0 fully saturated rings. The molecule has 166 valence electrons. The minimum absolute atomic E-state index is 0.0453. The monoisotopic (exact) mass is 458 g/mol. The fraction of sp³-hybridized carbons (Fsp3) is 0.562. The van der Waals surface area contributed by atoms with Crippen LogP contribution in [0.2, 0.25) is 0 Å². The molecule has 3 N–H and O–H groups in total. The first kappa shape index (κ1) is 25.2. The van der Waals surface area contributed by atoms with Crippen LogP contribution in [-0.4, -0.2) is 48.7 Å². The zero-order valence-corrected chi connectivity index (χ0v) is 18.0. The minimum Gasteiger partial charge on any atom is -0.398 e. The first-order valence-electron chi connectivity index (χ1n) is 8.69. The molecule has 0 aliphatic rings. The molecule has 0 spiro atoms. The van der Waals surface area contributed by atoms with E-state index in [0.717, 1.165) is 25.6 Å². The van der Waals surface area contributed by atoms with Crippen LogP contribution in [0, 0.1) is 0 Å². The van der Waals surface area contributed by atoms with Crippen molar-refractivity contribution in [2.75, 3.05) is 26.4 Å². The summed E-state index contributed by atoms with van der Waals surface area (Å²) in [6, 6.07) is 0.693. The van der Waals surface area contributed by atoms with Gasteiger partial charge in [-0.15, -0.1) is 4.40 Å². The van der Waals surface area contributed by atoms with Gasteiger partial charge in [0.05, 0.1) is 11.3 Å². The third kappa shape index (κ3) is 7.16. The second kappa shape index (κ2) is 9.76. The quantitative estimate of drug-likeness (QED) is 0.240. The average molecular weight is 459 g/mol. The summed E-state index contributed by atoms with van der Waals surface area (Å²) in [6.07, 6.45) is -1.16. The van der Waals surface area contributed by atoms with Crippen LogP contribution < -0.4 is 10.5 Å². The molecule has 0 atom stereocenters. The Morgan fingerprint density at radius 1 is 1.10 bits per heavy atom. The smallest absolute Gasteiger partial charge is 0.398 e. The SMILES string of the molecule is CCCCCCNS(=O)(=O)c1cc(S(=O)(=O)N=CN(C)C)c(C(F)(F)F)cc1N. The molecule has 0 saturated heterocycles. The Morgan fingerprint density at radius 3 is 2.24 bits per heavy atom. The summed E-state index contributed by atoms with van der Waals surface area (Å²) in [5.41, 5.74) is 3.23. The van der Waals surface area contributed by atoms with Crippen LogP contribution in [-0.2, 0) is 26.2 Å². The summed E-state index contributed by atoms with van der Waals surface area (Å²) in [7, 11) is -6.32. The molecular weight excluding hydrogens is 433 g/mol. The number of nitrogens with one attached hydrogen (secondary N) is 1. The van der Waals surface area contributed by atoms with Gasteiger partial charge in [-0.1, -0.05) is 26.2 Å². The van der Waals surface area contributed by atoms with Crippen molar-refractivity contribution in [3.63, 3.8) is 0 Å². The molecule has 0 amide bonds. The Morgan fingerprint density at radius 2 is 1.72 bits per heavy atom. The van der Waals surface area contributed by atoms with Gasteiger partial charge < -0.3 is 10.6 Å². The van der Waals surface area contributed by atoms with Crippen molar-refractivity contribution in [3.8, 4) is 0 Å². The topological polar surface area (TPSA) is 122 Å². The lowest BCUT2D eigenvalue weighted by molar-refractivity contribution is -0.139. The highest BCUT2D eigenvalue weighted by Gasteiger charge is 2.39. The first-order chi connectivity index (χ1) is 13.2. The van der Waals surface area contributed by atoms with Crippen LogP contribution in [0.25, 0.3) is 0 Å². The molecule has 0 aliphatic carbocycles. The van der Waals surface area contributed by atoms with E-state index in [9.17, 15) is 30.0 Å². The van der Waals surface area contributed by atoms with E-state index in [1.807, 2.05) is 6.92 Å². The van der Waals surface area contributed by atoms with Crippen LogP contribution in [0.15, 0.2) is 26.3 Å². The lowest BCUT2D eigenvalue weighted by atomic mass is 10.2. The van der Waals surface area contributed by atoms with Gasteiger partial charge in [-0.05, 0) is 18.6 Å². The molecule has 13 heteroatoms. The van der Waals surface area contributed by atoms with Gasteiger partial charge in [0.15, 0.2) is 0 Å². The van der Waals surface area contributed by atoms with E-state index < -0.39 is 47.3 Å². The van der Waals surface area contributed by atoms with Gasteiger partial charge in [0.2, 0.25) is 10.0 Å². The van der Waals surface area contributed by atoms with Crippen LogP contribution >= 0.6 is 0 Å². The standard InChI is InChI=1S/C16H25F3N4O4S2/c1-4-5-6-7-8-21-29(26,27)15-10-14(28(24,25)22-11-23(2)3)12(9-13(15)20)16(17,18)19/h9-11,21H,4-8,20H2,1-3H3. The summed E-state index contributed by atoms with van der Waals surface area (Å²) in [6.45, 7) is 2.03. The van der Waals surface area contributed by atoms with E-state index >= 15 is 0 Å². The largest absolute Gasteiger partial charge is 0.417 e. The number of nitrogen functional groups attached to an aromatic ring is 1. The second-order valence-corrected chi connectivity index (χ2v) is 9.84. The fourth-order valence-electron chi connectivity index (χ4n) is 2.29. The molecule has 1 aromatic rings. The molecule has 1 aromatic carbocycles. The molecule has 0 bridgehead atoms. The van der Waals surface area contributed by atoms with Gasteiger partial charge in [-0.3, -0.25) is 0 Å². The van der Waals surface area contributed by atoms with Crippen molar-refractivity contribution in [2.24, 2.45) is 4.40 Å². The van der Waals surface area contributed by atoms with Gasteiger partial charge in [0.25, 0.3) is 10.0 Å². The molecule has 0 heterocycles. The number of alkyl halides is 3. The zero-order chi connectivity index (χ0) is 22.5. The van der Waals surface area contributed by atoms with E-state index in [1.165, 1.54) is 19.0 Å². The molecule has 0 unspecified atom stereocenters. The van der Waals surface area contributed by atoms with Gasteiger partial charge >= 0.3 is 6.18 Å². The predicted octanol–water partition coefficient (Wildman–Crippen LogP) is 2.42. The number of rotatable bonds is 10. The third-order valence-electron chi connectivity index (χ3n) is 3.72. The van der Waals surface area contributed by atoms with Crippen molar-refractivity contribution in [1.29, 1.82) is 0 Å². The number of halogens is 3. The lowest BCUT2D eigenvalue weighted by Gasteiger charge is -2.16. The third-order valence-corrected chi connectivity index (χ3v) is 6.51. The highest BCUT2D eigenvalue weighted by atomic mass is 32.2. The van der Waals surface area contributed by atoms with Crippen molar-refractivity contribution in [2.45, 2.75) is 48.6 Å². The van der Waals surface area contributed by atoms with Crippen molar-refractivity contribution in [1.82, 2.24) is 9.62 Å². The Bertz CT molecular complexity index is 944. The number of hydrogen-bond acceptors (Lipinski definition) is 5. The number of hydrogen-bond donors (Lipinski definition) is 2. The van der Waals surface area contributed by atoms with Gasteiger partial charge in [-0.2, -0.15) is 21.6 Å². The highest BCUT2D eigenvalue weighted by Crippen LogP contribution is 2.38. The molecule has 0 aliphatic heterocycles. The number of sulfonamides is 2. The Balaban J connectivity index is 3.46. The number of nitrogens with zero attached hydrogens (tertiary/aromatic N) is 2. The van der Waals surface area contributed by atoms with Crippen LogP contribution in [0.4, 0.5) is 18.9 Å². The normalized spacial score (nSPS) is 13.2. The van der Waals surface area contributed by atoms with Gasteiger partial charge in [0.1, 0.15) is 16.1 Å². The second-order valence-electron chi connectivity index (χ2n) is 6.50. The maximum atomic E-state index is 13.4. The Labute approximate surface area is 169 Å². The highest BCUT2D eigenvalue weighted by molar-refractivity contribution is 7.90. The maximum Gasteiger partial charge on any atom is 0.417 e. The van der Waals surface area contributed by atoms with Crippen molar-refractivity contribution < 1.29 is 30.0 Å². The average Bonchev–Trinajstić information content (AvgIpc) is 2.58. The fourth-order valence-corrected chi connectivity index (χ4v) is 4.73. The zero-order valence-electron chi connectivity index (χ0n) is 16.3. The molecule has 0 saturated carbocycles. The van der Waals surface area contributed by atoms with Gasteiger partial charge in [-0.25, -0.2) is 13.1 Å². The van der Waals surface area contributed by atoms with E-state index in [4.69, 9.17) is 5.73 Å². The number of benzene rings is 1. The van der Waals surface area contributed by atoms with E-state index in [-0.39, 0.29) is 6.54 Å². The van der Waals surface area contributed by atoms with Gasteiger partial charge in [0, 0.05) is 20.6 Å². The molecular formula is C16H25F3N4O4S2. The molecule has 0 radical (unpaired) electrons. The number of anilines is 1. The molecule has 0 aromatic heterocycles. The van der Waals surface area contributed by atoms with Crippen molar-refractivity contribution >= 4 is 32.1 Å². The van der Waals surface area contributed by atoms with Crippen molar-refractivity contribution in [3.05, 3.63) is 17.7 Å². The molecule has 1 rings (SSSR count). The van der Waals surface area contributed by atoms with Crippen LogP contribution in [0.5, 0.6) is 0 Å². The summed E-state index contributed by atoms with van der Waals surface area (Å²) in [5.74, 6) is 0. The summed E-state index contributed by atoms with van der Waals surface area (Å²) < 4.78 is 95.1. The molecule has 8 nitrogen and oxygen atoms in total. The number of unbranched alkanes of at least 4 members (excludes halogenated alkanes) is 3.